The summed E-state index contributed by atoms with van der Waals surface area (Å²) in [6.45, 7) is 5.13. The normalized spacial score (nSPS) is 12.6. The Kier molecular flexibility index (Phi) is 5.25. The predicted octanol–water partition coefficient (Wildman–Crippen LogP) is 5.07. The molecule has 0 fully saturated rings. The zero-order valence-electron chi connectivity index (χ0n) is 11.0. The fraction of sp³-hybridized carbons (Fsp3) is 0.333. The molecule has 0 saturated heterocycles. The van der Waals surface area contributed by atoms with E-state index in [2.05, 4.69) is 69.2 Å². The molecule has 1 heterocycles. The molecule has 0 radical (unpaired) electrons. The van der Waals surface area contributed by atoms with Gasteiger partial charge in [-0.2, -0.15) is 0 Å². The zero-order chi connectivity index (χ0) is 13.8. The van der Waals surface area contributed by atoms with E-state index in [-0.39, 0.29) is 6.04 Å². The minimum Gasteiger partial charge on any atom is -0.469 e. The summed E-state index contributed by atoms with van der Waals surface area (Å²) in [4.78, 5) is 0. The third-order valence-electron chi connectivity index (χ3n) is 3.09. The Bertz CT molecular complexity index is 551. The lowest BCUT2D eigenvalue weighted by Gasteiger charge is -2.20. The number of hydrogen-bond donors (Lipinski definition) is 1. The van der Waals surface area contributed by atoms with E-state index in [1.54, 1.807) is 6.26 Å². The van der Waals surface area contributed by atoms with Gasteiger partial charge in [0.1, 0.15) is 5.76 Å². The van der Waals surface area contributed by atoms with Gasteiger partial charge in [-0.05, 0) is 36.4 Å². The molecule has 0 saturated carbocycles. The third-order valence-corrected chi connectivity index (χ3v) is 4.30. The molecule has 0 aliphatic carbocycles. The van der Waals surface area contributed by atoms with Crippen molar-refractivity contribution in [2.24, 2.45) is 0 Å². The summed E-state index contributed by atoms with van der Waals surface area (Å²) >= 11 is 7.18. The van der Waals surface area contributed by atoms with Gasteiger partial charge in [0.05, 0.1) is 12.3 Å². The second kappa shape index (κ2) is 6.73. The van der Waals surface area contributed by atoms with Crippen LogP contribution in [0.1, 0.15) is 36.8 Å². The smallest absolute Gasteiger partial charge is 0.108 e. The molecule has 1 atom stereocenters. The topological polar surface area (TPSA) is 25.2 Å². The van der Waals surface area contributed by atoms with Crippen molar-refractivity contribution < 1.29 is 4.42 Å². The molecule has 1 aromatic heterocycles. The maximum atomic E-state index is 5.57. The average molecular weight is 387 g/mol. The van der Waals surface area contributed by atoms with E-state index >= 15 is 0 Å². The van der Waals surface area contributed by atoms with E-state index in [9.17, 15) is 0 Å². The fourth-order valence-corrected chi connectivity index (χ4v) is 3.08. The number of benzene rings is 1. The summed E-state index contributed by atoms with van der Waals surface area (Å²) in [7, 11) is 0. The van der Waals surface area contributed by atoms with E-state index in [0.717, 1.165) is 27.7 Å². The molecule has 19 heavy (non-hydrogen) atoms. The van der Waals surface area contributed by atoms with Crippen LogP contribution in [0.2, 0.25) is 0 Å². The van der Waals surface area contributed by atoms with Gasteiger partial charge in [0.25, 0.3) is 0 Å². The second-order valence-corrected chi connectivity index (χ2v) is 6.08. The van der Waals surface area contributed by atoms with Gasteiger partial charge in [-0.1, -0.05) is 45.7 Å². The first-order valence-corrected chi connectivity index (χ1v) is 8.00. The van der Waals surface area contributed by atoms with Crippen molar-refractivity contribution in [1.29, 1.82) is 0 Å². The third kappa shape index (κ3) is 3.30. The summed E-state index contributed by atoms with van der Waals surface area (Å²) in [5.74, 6) is 1.04. The largest absolute Gasteiger partial charge is 0.469 e. The molecule has 2 rings (SSSR count). The number of rotatable bonds is 5. The lowest BCUT2D eigenvalue weighted by molar-refractivity contribution is 0.502. The highest BCUT2D eigenvalue weighted by Gasteiger charge is 2.20. The quantitative estimate of drug-likeness (QED) is 0.776. The number of nitrogens with one attached hydrogen (secondary N) is 1. The summed E-state index contributed by atoms with van der Waals surface area (Å²) < 4.78 is 7.75. The molecule has 4 heteroatoms. The standard InChI is InChI=1S/C15H17Br2NO/c1-3-14-11(7-8-19-14)15(18-4-2)12-9-10(16)5-6-13(12)17/h5-9,15,18H,3-4H2,1-2H3. The maximum absolute atomic E-state index is 5.57. The van der Waals surface area contributed by atoms with Gasteiger partial charge >= 0.3 is 0 Å². The predicted molar refractivity (Wildman–Crippen MR) is 85.4 cm³/mol. The second-order valence-electron chi connectivity index (χ2n) is 4.31. The van der Waals surface area contributed by atoms with E-state index in [1.165, 1.54) is 11.1 Å². The van der Waals surface area contributed by atoms with Crippen LogP contribution in [0, 0.1) is 0 Å². The Morgan fingerprint density at radius 2 is 1.95 bits per heavy atom. The van der Waals surface area contributed by atoms with Crippen LogP contribution in [-0.2, 0) is 6.42 Å². The Morgan fingerprint density at radius 1 is 1.16 bits per heavy atom. The lowest BCUT2D eigenvalue weighted by atomic mass is 9.98. The van der Waals surface area contributed by atoms with Gasteiger partial charge in [0.15, 0.2) is 0 Å². The van der Waals surface area contributed by atoms with Crippen LogP contribution in [-0.4, -0.2) is 6.54 Å². The molecule has 1 unspecified atom stereocenters. The monoisotopic (exact) mass is 385 g/mol. The minimum atomic E-state index is 0.144. The summed E-state index contributed by atoms with van der Waals surface area (Å²) in [5.41, 5.74) is 2.43. The van der Waals surface area contributed by atoms with Gasteiger partial charge in [-0.25, -0.2) is 0 Å². The van der Waals surface area contributed by atoms with Crippen molar-refractivity contribution >= 4 is 31.9 Å². The SMILES string of the molecule is CCNC(c1cc(Br)ccc1Br)c1ccoc1CC. The molecule has 102 valence electrons. The first-order chi connectivity index (χ1) is 9.17. The highest BCUT2D eigenvalue weighted by molar-refractivity contribution is 9.11. The number of furan rings is 1. The molecule has 0 spiro atoms. The molecule has 0 bridgehead atoms. The van der Waals surface area contributed by atoms with Crippen molar-refractivity contribution in [2.45, 2.75) is 26.3 Å². The van der Waals surface area contributed by atoms with E-state index in [0.29, 0.717) is 0 Å². The highest BCUT2D eigenvalue weighted by atomic mass is 79.9. The van der Waals surface area contributed by atoms with Crippen LogP contribution in [0.4, 0.5) is 0 Å². The van der Waals surface area contributed by atoms with Crippen LogP contribution in [0.15, 0.2) is 43.9 Å². The van der Waals surface area contributed by atoms with Crippen LogP contribution in [0.25, 0.3) is 0 Å². The summed E-state index contributed by atoms with van der Waals surface area (Å²) in [5, 5.41) is 3.53. The molecule has 0 amide bonds. The minimum absolute atomic E-state index is 0.144. The van der Waals surface area contributed by atoms with Crippen LogP contribution < -0.4 is 5.32 Å². The van der Waals surface area contributed by atoms with Crippen LogP contribution in [0.5, 0.6) is 0 Å². The molecule has 0 aliphatic heterocycles. The van der Waals surface area contributed by atoms with Crippen molar-refractivity contribution in [3.63, 3.8) is 0 Å². The van der Waals surface area contributed by atoms with Crippen molar-refractivity contribution in [1.82, 2.24) is 5.32 Å². The molecule has 1 N–H and O–H groups in total. The van der Waals surface area contributed by atoms with E-state index < -0.39 is 0 Å². The highest BCUT2D eigenvalue weighted by Crippen LogP contribution is 2.33. The fourth-order valence-electron chi connectivity index (χ4n) is 2.22. The molecular formula is C15H17Br2NO. The number of aryl methyl sites for hydroxylation is 1. The lowest BCUT2D eigenvalue weighted by Crippen LogP contribution is -2.22. The van der Waals surface area contributed by atoms with Crippen LogP contribution >= 0.6 is 31.9 Å². The average Bonchev–Trinajstić information content (AvgIpc) is 2.87. The van der Waals surface area contributed by atoms with Gasteiger partial charge in [0, 0.05) is 20.9 Å². The number of hydrogen-bond acceptors (Lipinski definition) is 2. The van der Waals surface area contributed by atoms with Gasteiger partial charge in [-0.3, -0.25) is 0 Å². The van der Waals surface area contributed by atoms with Gasteiger partial charge < -0.3 is 9.73 Å². The van der Waals surface area contributed by atoms with Crippen molar-refractivity contribution in [3.8, 4) is 0 Å². The first kappa shape index (κ1) is 14.8. The van der Waals surface area contributed by atoms with Crippen LogP contribution in [0.3, 0.4) is 0 Å². The summed E-state index contributed by atoms with van der Waals surface area (Å²) in [6, 6.07) is 8.44. The maximum Gasteiger partial charge on any atom is 0.108 e. The molecule has 1 aromatic carbocycles. The molecule has 2 nitrogen and oxygen atoms in total. The first-order valence-electron chi connectivity index (χ1n) is 6.42. The Labute approximate surface area is 130 Å². The Morgan fingerprint density at radius 3 is 2.63 bits per heavy atom. The molecular weight excluding hydrogens is 370 g/mol. The molecule has 0 aliphatic rings. The summed E-state index contributed by atoms with van der Waals surface area (Å²) in [6.07, 6.45) is 2.67. The Balaban J connectivity index is 2.48. The number of halogens is 2. The zero-order valence-corrected chi connectivity index (χ0v) is 14.2. The van der Waals surface area contributed by atoms with Crippen molar-refractivity contribution in [2.75, 3.05) is 6.54 Å². The Hall–Kier alpha value is -0.580. The van der Waals surface area contributed by atoms with E-state index in [1.807, 2.05) is 6.07 Å². The van der Waals surface area contributed by atoms with E-state index in [4.69, 9.17) is 4.42 Å². The van der Waals surface area contributed by atoms with Gasteiger partial charge in [-0.15, -0.1) is 0 Å². The molecule has 2 aromatic rings. The van der Waals surface area contributed by atoms with Gasteiger partial charge in [0.2, 0.25) is 0 Å². The van der Waals surface area contributed by atoms with Crippen molar-refractivity contribution in [3.05, 3.63) is 56.4 Å².